The second-order valence-corrected chi connectivity index (χ2v) is 5.40. The summed E-state index contributed by atoms with van der Waals surface area (Å²) in [4.78, 5) is 20.2. The van der Waals surface area contributed by atoms with Crippen molar-refractivity contribution in [3.63, 3.8) is 0 Å². The number of carbonyl (C=O) groups excluding carboxylic acids is 1. The Labute approximate surface area is 120 Å². The third-order valence-electron chi connectivity index (χ3n) is 3.66. The van der Waals surface area contributed by atoms with E-state index in [0.717, 1.165) is 32.7 Å². The first kappa shape index (κ1) is 14.9. The largest absolute Gasteiger partial charge is 0.393 e. The van der Waals surface area contributed by atoms with Crippen molar-refractivity contribution >= 4 is 5.91 Å². The van der Waals surface area contributed by atoms with Crippen LogP contribution in [0.25, 0.3) is 0 Å². The van der Waals surface area contributed by atoms with Crippen LogP contribution in [0.4, 0.5) is 0 Å². The molecular weight excluding hydrogens is 254 g/mol. The fraction of sp³-hybridized carbons (Fsp3) is 0.600. The molecule has 0 radical (unpaired) electrons. The number of piperazine rings is 1. The van der Waals surface area contributed by atoms with Crippen LogP contribution in [-0.4, -0.2) is 58.1 Å². The predicted octanol–water partition coefficient (Wildman–Crippen LogP) is 0.887. The summed E-state index contributed by atoms with van der Waals surface area (Å²) in [6.45, 7) is 6.01. The Morgan fingerprint density at radius 3 is 2.55 bits per heavy atom. The molecule has 1 atom stereocenters. The van der Waals surface area contributed by atoms with Gasteiger partial charge in [0.15, 0.2) is 0 Å². The topological polar surface area (TPSA) is 56.7 Å². The summed E-state index contributed by atoms with van der Waals surface area (Å²) in [6.07, 6.45) is 4.22. The Morgan fingerprint density at radius 2 is 1.95 bits per heavy atom. The Hall–Kier alpha value is -1.46. The van der Waals surface area contributed by atoms with Gasteiger partial charge in [0.05, 0.1) is 6.10 Å². The van der Waals surface area contributed by atoms with Crippen LogP contribution < -0.4 is 0 Å². The highest BCUT2D eigenvalue weighted by Crippen LogP contribution is 2.09. The van der Waals surface area contributed by atoms with Crippen LogP contribution in [0.5, 0.6) is 0 Å². The van der Waals surface area contributed by atoms with Gasteiger partial charge >= 0.3 is 0 Å². The molecule has 0 aromatic carbocycles. The molecule has 1 aliphatic heterocycles. The third-order valence-corrected chi connectivity index (χ3v) is 3.66. The lowest BCUT2D eigenvalue weighted by molar-refractivity contribution is -0.133. The highest BCUT2D eigenvalue weighted by molar-refractivity contribution is 5.76. The number of aliphatic hydroxyl groups excluding tert-OH is 1. The predicted molar refractivity (Wildman–Crippen MR) is 77.0 cm³/mol. The van der Waals surface area contributed by atoms with Crippen molar-refractivity contribution in [2.24, 2.45) is 0 Å². The molecule has 5 heteroatoms. The average molecular weight is 277 g/mol. The van der Waals surface area contributed by atoms with Crippen LogP contribution in [0.1, 0.15) is 25.3 Å². The van der Waals surface area contributed by atoms with Gasteiger partial charge in [0.1, 0.15) is 0 Å². The van der Waals surface area contributed by atoms with Crippen molar-refractivity contribution < 1.29 is 9.90 Å². The fourth-order valence-corrected chi connectivity index (χ4v) is 2.39. The first-order valence-electron chi connectivity index (χ1n) is 7.22. The van der Waals surface area contributed by atoms with Gasteiger partial charge in [-0.3, -0.25) is 14.7 Å². The molecule has 20 heavy (non-hydrogen) atoms. The summed E-state index contributed by atoms with van der Waals surface area (Å²) in [5, 5.41) is 9.22. The van der Waals surface area contributed by atoms with E-state index in [2.05, 4.69) is 9.88 Å². The Kier molecular flexibility index (Phi) is 5.49. The van der Waals surface area contributed by atoms with Gasteiger partial charge in [0.25, 0.3) is 0 Å². The first-order chi connectivity index (χ1) is 9.65. The molecule has 1 unspecified atom stereocenters. The fourth-order valence-electron chi connectivity index (χ4n) is 2.39. The van der Waals surface area contributed by atoms with Crippen molar-refractivity contribution in [2.75, 3.05) is 26.2 Å². The Morgan fingerprint density at radius 1 is 1.30 bits per heavy atom. The van der Waals surface area contributed by atoms with Crippen molar-refractivity contribution in [1.29, 1.82) is 0 Å². The number of pyridine rings is 1. The van der Waals surface area contributed by atoms with Crippen molar-refractivity contribution in [1.82, 2.24) is 14.8 Å². The number of rotatable bonds is 5. The van der Waals surface area contributed by atoms with Gasteiger partial charge < -0.3 is 10.0 Å². The molecule has 0 aliphatic carbocycles. The van der Waals surface area contributed by atoms with Gasteiger partial charge in [-0.15, -0.1) is 0 Å². The van der Waals surface area contributed by atoms with E-state index in [4.69, 9.17) is 0 Å². The summed E-state index contributed by atoms with van der Waals surface area (Å²) in [7, 11) is 0. The maximum absolute atomic E-state index is 12.0. The van der Waals surface area contributed by atoms with Gasteiger partial charge in [0, 0.05) is 51.5 Å². The van der Waals surface area contributed by atoms with Gasteiger partial charge in [-0.05, 0) is 31.0 Å². The quantitative estimate of drug-likeness (QED) is 0.868. The van der Waals surface area contributed by atoms with Crippen molar-refractivity contribution in [3.05, 3.63) is 30.1 Å². The smallest absolute Gasteiger partial charge is 0.222 e. The van der Waals surface area contributed by atoms with E-state index >= 15 is 0 Å². The zero-order valence-corrected chi connectivity index (χ0v) is 12.0. The molecule has 110 valence electrons. The molecule has 2 rings (SSSR count). The zero-order chi connectivity index (χ0) is 14.4. The highest BCUT2D eigenvalue weighted by atomic mass is 16.3. The van der Waals surface area contributed by atoms with Crippen LogP contribution in [0.15, 0.2) is 24.5 Å². The van der Waals surface area contributed by atoms with Crippen LogP contribution in [-0.2, 0) is 11.3 Å². The summed E-state index contributed by atoms with van der Waals surface area (Å²) in [5.41, 5.74) is 1.26. The molecule has 1 aliphatic rings. The standard InChI is InChI=1S/C15H23N3O2/c1-13(19)2-3-15(20)18-10-8-17(9-11-18)12-14-4-6-16-7-5-14/h4-7,13,19H,2-3,8-12H2,1H3. The second-order valence-electron chi connectivity index (χ2n) is 5.40. The van der Waals surface area contributed by atoms with E-state index in [0.29, 0.717) is 12.8 Å². The summed E-state index contributed by atoms with van der Waals surface area (Å²) in [5.74, 6) is 0.162. The van der Waals surface area contributed by atoms with Gasteiger partial charge in [-0.1, -0.05) is 0 Å². The van der Waals surface area contributed by atoms with E-state index in [-0.39, 0.29) is 5.91 Å². The number of hydrogen-bond donors (Lipinski definition) is 1. The van der Waals surface area contributed by atoms with Gasteiger partial charge in [-0.25, -0.2) is 0 Å². The minimum Gasteiger partial charge on any atom is -0.393 e. The molecular formula is C15H23N3O2. The third kappa shape index (κ3) is 4.58. The molecule has 1 aromatic rings. The van der Waals surface area contributed by atoms with Gasteiger partial charge in [-0.2, -0.15) is 0 Å². The van der Waals surface area contributed by atoms with E-state index < -0.39 is 6.10 Å². The molecule has 1 fully saturated rings. The molecule has 0 bridgehead atoms. The molecule has 0 spiro atoms. The van der Waals surface area contributed by atoms with E-state index in [1.807, 2.05) is 29.4 Å². The maximum Gasteiger partial charge on any atom is 0.222 e. The highest BCUT2D eigenvalue weighted by Gasteiger charge is 2.20. The molecule has 1 N–H and O–H groups in total. The summed E-state index contributed by atoms with van der Waals surface area (Å²) < 4.78 is 0. The maximum atomic E-state index is 12.0. The SMILES string of the molecule is CC(O)CCC(=O)N1CCN(Cc2ccncc2)CC1. The Bertz CT molecular complexity index is 414. The first-order valence-corrected chi connectivity index (χ1v) is 7.22. The minimum atomic E-state index is -0.396. The van der Waals surface area contributed by atoms with Crippen LogP contribution in [0.2, 0.25) is 0 Å². The normalized spacial score (nSPS) is 18.0. The number of aromatic nitrogens is 1. The van der Waals surface area contributed by atoms with Crippen LogP contribution in [0.3, 0.4) is 0 Å². The van der Waals surface area contributed by atoms with E-state index in [9.17, 15) is 9.90 Å². The van der Waals surface area contributed by atoms with Crippen LogP contribution >= 0.6 is 0 Å². The monoisotopic (exact) mass is 277 g/mol. The van der Waals surface area contributed by atoms with E-state index in [1.54, 1.807) is 6.92 Å². The Balaban J connectivity index is 1.73. The molecule has 1 aromatic heterocycles. The molecule has 1 amide bonds. The average Bonchev–Trinajstić information content (AvgIpc) is 2.46. The number of nitrogens with zero attached hydrogens (tertiary/aromatic N) is 3. The molecule has 0 saturated carbocycles. The number of aliphatic hydroxyl groups is 1. The van der Waals surface area contributed by atoms with Gasteiger partial charge in [0.2, 0.25) is 5.91 Å². The lowest BCUT2D eigenvalue weighted by Gasteiger charge is -2.34. The summed E-state index contributed by atoms with van der Waals surface area (Å²) >= 11 is 0. The zero-order valence-electron chi connectivity index (χ0n) is 12.0. The minimum absolute atomic E-state index is 0.162. The van der Waals surface area contributed by atoms with Crippen LogP contribution in [0, 0.1) is 0 Å². The van der Waals surface area contributed by atoms with Crippen molar-refractivity contribution in [3.8, 4) is 0 Å². The number of hydrogen-bond acceptors (Lipinski definition) is 4. The molecule has 2 heterocycles. The van der Waals surface area contributed by atoms with Crippen molar-refractivity contribution in [2.45, 2.75) is 32.4 Å². The number of carbonyl (C=O) groups is 1. The van der Waals surface area contributed by atoms with E-state index in [1.165, 1.54) is 5.56 Å². The second kappa shape index (κ2) is 7.36. The summed E-state index contributed by atoms with van der Waals surface area (Å²) in [6, 6.07) is 4.06. The molecule has 5 nitrogen and oxygen atoms in total. The lowest BCUT2D eigenvalue weighted by atomic mass is 10.2. The number of amides is 1. The molecule has 1 saturated heterocycles. The lowest BCUT2D eigenvalue weighted by Crippen LogP contribution is -2.48.